The minimum Gasteiger partial charge on any atom is -0.454 e. The lowest BCUT2D eigenvalue weighted by Crippen LogP contribution is -2.18. The lowest BCUT2D eigenvalue weighted by Gasteiger charge is -2.15. The molecule has 2 aromatic rings. The van der Waals surface area contributed by atoms with Crippen molar-refractivity contribution in [3.63, 3.8) is 0 Å². The largest absolute Gasteiger partial charge is 0.454 e. The molecule has 0 amide bonds. The summed E-state index contributed by atoms with van der Waals surface area (Å²) in [4.78, 5) is 0. The number of benzene rings is 2. The van der Waals surface area contributed by atoms with Gasteiger partial charge in [0.1, 0.15) is 5.75 Å². The van der Waals surface area contributed by atoms with Gasteiger partial charge in [-0.05, 0) is 42.3 Å². The molecule has 0 aromatic heterocycles. The second-order valence-corrected chi connectivity index (χ2v) is 5.24. The summed E-state index contributed by atoms with van der Waals surface area (Å²) in [6.45, 7) is 0.120. The Morgan fingerprint density at radius 1 is 1.09 bits per heavy atom. The molecule has 0 radical (unpaired) electrons. The molecule has 1 atom stereocenters. The predicted octanol–water partition coefficient (Wildman–Crippen LogP) is 3.87. The van der Waals surface area contributed by atoms with Crippen LogP contribution < -0.4 is 19.5 Å². The number of halogens is 2. The zero-order valence-corrected chi connectivity index (χ0v) is 12.6. The molecule has 0 bridgehead atoms. The summed E-state index contributed by atoms with van der Waals surface area (Å²) in [6, 6.07) is 12.6. The summed E-state index contributed by atoms with van der Waals surface area (Å²) < 4.78 is 39.2. The standard InChI is InChI=1S/C17H17F2NO3/c1-11(13-4-7-15-16(8-13)22-10-21-15)20-9-12-2-5-14(6-3-12)23-17(18)19/h2-8,11,17,20H,9-10H2,1H3. The van der Waals surface area contributed by atoms with Crippen molar-refractivity contribution in [2.24, 2.45) is 0 Å². The first-order valence-corrected chi connectivity index (χ1v) is 7.28. The van der Waals surface area contributed by atoms with Gasteiger partial charge in [-0.15, -0.1) is 0 Å². The highest BCUT2D eigenvalue weighted by Gasteiger charge is 2.15. The highest BCUT2D eigenvalue weighted by Crippen LogP contribution is 2.34. The van der Waals surface area contributed by atoms with Gasteiger partial charge in [0.25, 0.3) is 0 Å². The van der Waals surface area contributed by atoms with Gasteiger partial charge >= 0.3 is 6.61 Å². The van der Waals surface area contributed by atoms with Gasteiger partial charge in [0.15, 0.2) is 11.5 Å². The van der Waals surface area contributed by atoms with Crippen LogP contribution in [0.3, 0.4) is 0 Å². The van der Waals surface area contributed by atoms with Crippen molar-refractivity contribution in [3.8, 4) is 17.2 Å². The number of hydrogen-bond acceptors (Lipinski definition) is 4. The molecule has 0 spiro atoms. The highest BCUT2D eigenvalue weighted by atomic mass is 19.3. The van der Waals surface area contributed by atoms with Gasteiger partial charge in [-0.1, -0.05) is 18.2 Å². The van der Waals surface area contributed by atoms with E-state index < -0.39 is 6.61 Å². The number of fused-ring (bicyclic) bond motifs is 1. The number of nitrogens with one attached hydrogen (secondary N) is 1. The topological polar surface area (TPSA) is 39.7 Å². The number of alkyl halides is 2. The third-order valence-electron chi connectivity index (χ3n) is 3.66. The Morgan fingerprint density at radius 2 is 1.83 bits per heavy atom. The molecule has 0 aliphatic carbocycles. The number of ether oxygens (including phenoxy) is 3. The minimum absolute atomic E-state index is 0.112. The molecule has 1 heterocycles. The van der Waals surface area contributed by atoms with Crippen molar-refractivity contribution in [1.29, 1.82) is 0 Å². The van der Waals surface area contributed by atoms with Crippen LogP contribution in [-0.4, -0.2) is 13.4 Å². The van der Waals surface area contributed by atoms with Gasteiger partial charge in [0.05, 0.1) is 0 Å². The zero-order valence-electron chi connectivity index (χ0n) is 12.6. The molecule has 1 aliphatic rings. The Labute approximate surface area is 133 Å². The average molecular weight is 321 g/mol. The molecular formula is C17H17F2NO3. The second kappa shape index (κ2) is 6.83. The fourth-order valence-corrected chi connectivity index (χ4v) is 2.36. The van der Waals surface area contributed by atoms with Crippen molar-refractivity contribution < 1.29 is 23.0 Å². The molecule has 0 saturated carbocycles. The lowest BCUT2D eigenvalue weighted by molar-refractivity contribution is -0.0498. The van der Waals surface area contributed by atoms with Crippen LogP contribution in [0, 0.1) is 0 Å². The lowest BCUT2D eigenvalue weighted by atomic mass is 10.1. The monoisotopic (exact) mass is 321 g/mol. The molecule has 0 fully saturated rings. The van der Waals surface area contributed by atoms with E-state index in [0.29, 0.717) is 6.54 Å². The van der Waals surface area contributed by atoms with Crippen LogP contribution in [-0.2, 0) is 6.54 Å². The molecule has 6 heteroatoms. The van der Waals surface area contributed by atoms with E-state index in [-0.39, 0.29) is 18.6 Å². The van der Waals surface area contributed by atoms with Crippen molar-refractivity contribution in [2.75, 3.05) is 6.79 Å². The third-order valence-corrected chi connectivity index (χ3v) is 3.66. The van der Waals surface area contributed by atoms with Gasteiger partial charge < -0.3 is 19.5 Å². The quantitative estimate of drug-likeness (QED) is 0.877. The maximum absolute atomic E-state index is 12.1. The number of hydrogen-bond donors (Lipinski definition) is 1. The summed E-state index contributed by atoms with van der Waals surface area (Å²) >= 11 is 0. The maximum Gasteiger partial charge on any atom is 0.387 e. The van der Waals surface area contributed by atoms with Crippen LogP contribution in [0.4, 0.5) is 8.78 Å². The Morgan fingerprint density at radius 3 is 2.57 bits per heavy atom. The predicted molar refractivity (Wildman–Crippen MR) is 80.9 cm³/mol. The Hall–Kier alpha value is -2.34. The fraction of sp³-hybridized carbons (Fsp3) is 0.294. The summed E-state index contributed by atoms with van der Waals surface area (Å²) in [5.74, 6) is 1.67. The van der Waals surface area contributed by atoms with Crippen LogP contribution in [0.1, 0.15) is 24.1 Å². The van der Waals surface area contributed by atoms with E-state index in [0.717, 1.165) is 22.6 Å². The molecule has 1 N–H and O–H groups in total. The van der Waals surface area contributed by atoms with Gasteiger partial charge in [-0.2, -0.15) is 8.78 Å². The van der Waals surface area contributed by atoms with E-state index >= 15 is 0 Å². The van der Waals surface area contributed by atoms with Crippen molar-refractivity contribution in [3.05, 3.63) is 53.6 Å². The average Bonchev–Trinajstić information content (AvgIpc) is 3.01. The Balaban J connectivity index is 1.57. The first kappa shape index (κ1) is 15.6. The Bertz CT molecular complexity index is 661. The smallest absolute Gasteiger partial charge is 0.387 e. The molecule has 122 valence electrons. The maximum atomic E-state index is 12.1. The van der Waals surface area contributed by atoms with Crippen molar-refractivity contribution >= 4 is 0 Å². The number of rotatable bonds is 6. The summed E-state index contributed by atoms with van der Waals surface area (Å²) in [5, 5.41) is 3.38. The minimum atomic E-state index is -2.80. The zero-order chi connectivity index (χ0) is 16.2. The van der Waals surface area contributed by atoms with Crippen molar-refractivity contribution in [2.45, 2.75) is 26.1 Å². The van der Waals surface area contributed by atoms with E-state index in [4.69, 9.17) is 9.47 Å². The molecule has 1 unspecified atom stereocenters. The van der Waals surface area contributed by atoms with Gasteiger partial charge in [-0.25, -0.2) is 0 Å². The Kier molecular flexibility index (Phi) is 4.62. The molecule has 23 heavy (non-hydrogen) atoms. The van der Waals surface area contributed by atoms with E-state index in [1.807, 2.05) is 25.1 Å². The van der Waals surface area contributed by atoms with Crippen LogP contribution in [0.5, 0.6) is 17.2 Å². The molecule has 0 saturated heterocycles. The van der Waals surface area contributed by atoms with Crippen LogP contribution in [0.25, 0.3) is 0 Å². The van der Waals surface area contributed by atoms with Gasteiger partial charge in [-0.3, -0.25) is 0 Å². The summed E-state index contributed by atoms with van der Waals surface area (Å²) in [7, 11) is 0. The molecular weight excluding hydrogens is 304 g/mol. The van der Waals surface area contributed by atoms with E-state index in [1.165, 1.54) is 12.1 Å². The molecule has 1 aliphatic heterocycles. The van der Waals surface area contributed by atoms with Crippen molar-refractivity contribution in [1.82, 2.24) is 5.32 Å². The van der Waals surface area contributed by atoms with Gasteiger partial charge in [0.2, 0.25) is 6.79 Å². The normalized spacial score (nSPS) is 14.1. The van der Waals surface area contributed by atoms with Crippen LogP contribution in [0.15, 0.2) is 42.5 Å². The first-order valence-electron chi connectivity index (χ1n) is 7.28. The van der Waals surface area contributed by atoms with Gasteiger partial charge in [0, 0.05) is 12.6 Å². The fourth-order valence-electron chi connectivity index (χ4n) is 2.36. The van der Waals surface area contributed by atoms with E-state index in [2.05, 4.69) is 10.1 Å². The summed E-state index contributed by atoms with van der Waals surface area (Å²) in [6.07, 6.45) is 0. The molecule has 2 aromatic carbocycles. The van der Waals surface area contributed by atoms with E-state index in [1.54, 1.807) is 12.1 Å². The SMILES string of the molecule is CC(NCc1ccc(OC(F)F)cc1)c1ccc2c(c1)OCO2. The molecule has 3 rings (SSSR count). The van der Waals surface area contributed by atoms with E-state index in [9.17, 15) is 8.78 Å². The third kappa shape index (κ3) is 3.90. The summed E-state index contributed by atoms with van der Waals surface area (Å²) in [5.41, 5.74) is 2.08. The highest BCUT2D eigenvalue weighted by molar-refractivity contribution is 5.45. The first-order chi connectivity index (χ1) is 11.1. The second-order valence-electron chi connectivity index (χ2n) is 5.24. The molecule has 4 nitrogen and oxygen atoms in total. The van der Waals surface area contributed by atoms with Crippen LogP contribution in [0.2, 0.25) is 0 Å². The van der Waals surface area contributed by atoms with Crippen LogP contribution >= 0.6 is 0 Å².